The molecule has 0 aliphatic carbocycles. The molecule has 116 valence electrons. The standard InChI is InChI=1S/C16H20BrN5/c1-11-5-2-3-8-22(11)16-14(18)15(19-10-20-16)21-13-7-4-6-12(17)9-13/h4,6-7,9-11H,2-3,5,8,18H2,1H3,(H,19,20,21). The van der Waals surface area contributed by atoms with Crippen LogP contribution in [-0.4, -0.2) is 22.6 Å². The zero-order chi connectivity index (χ0) is 15.5. The second-order valence-electron chi connectivity index (χ2n) is 5.63. The van der Waals surface area contributed by atoms with E-state index >= 15 is 0 Å². The Balaban J connectivity index is 1.88. The molecule has 2 heterocycles. The Morgan fingerprint density at radius 3 is 2.95 bits per heavy atom. The number of hydrogen-bond acceptors (Lipinski definition) is 5. The summed E-state index contributed by atoms with van der Waals surface area (Å²) in [6.07, 6.45) is 5.21. The maximum Gasteiger partial charge on any atom is 0.159 e. The second-order valence-corrected chi connectivity index (χ2v) is 6.55. The molecular weight excluding hydrogens is 342 g/mol. The van der Waals surface area contributed by atoms with E-state index in [4.69, 9.17) is 5.73 Å². The molecule has 1 unspecified atom stereocenters. The first-order valence-electron chi connectivity index (χ1n) is 7.55. The number of rotatable bonds is 3. The molecule has 3 N–H and O–H groups in total. The van der Waals surface area contributed by atoms with Crippen LogP contribution in [0.15, 0.2) is 35.1 Å². The number of nitrogens with one attached hydrogen (secondary N) is 1. The fourth-order valence-corrected chi connectivity index (χ4v) is 3.23. The Bertz CT molecular complexity index is 661. The van der Waals surface area contributed by atoms with E-state index in [9.17, 15) is 0 Å². The molecule has 0 saturated carbocycles. The predicted octanol–water partition coefficient (Wildman–Crippen LogP) is 3.94. The highest BCUT2D eigenvalue weighted by Gasteiger charge is 2.23. The van der Waals surface area contributed by atoms with Gasteiger partial charge in [0.15, 0.2) is 11.6 Å². The molecular formula is C16H20BrN5. The van der Waals surface area contributed by atoms with Gasteiger partial charge in [-0.05, 0) is 44.4 Å². The number of aromatic nitrogens is 2. The first-order chi connectivity index (χ1) is 10.6. The summed E-state index contributed by atoms with van der Waals surface area (Å²) >= 11 is 3.47. The Morgan fingerprint density at radius 2 is 2.18 bits per heavy atom. The molecule has 0 amide bonds. The van der Waals surface area contributed by atoms with Crippen molar-refractivity contribution >= 4 is 38.9 Å². The number of halogens is 1. The molecule has 1 atom stereocenters. The van der Waals surface area contributed by atoms with E-state index in [1.54, 1.807) is 6.33 Å². The molecule has 1 fully saturated rings. The van der Waals surface area contributed by atoms with Crippen molar-refractivity contribution in [3.63, 3.8) is 0 Å². The Hall–Kier alpha value is -1.82. The highest BCUT2D eigenvalue weighted by molar-refractivity contribution is 9.10. The Labute approximate surface area is 139 Å². The minimum absolute atomic E-state index is 0.463. The lowest BCUT2D eigenvalue weighted by Crippen LogP contribution is -2.38. The molecule has 1 aliphatic heterocycles. The van der Waals surface area contributed by atoms with Crippen LogP contribution in [0.2, 0.25) is 0 Å². The van der Waals surface area contributed by atoms with E-state index in [0.717, 1.165) is 22.5 Å². The van der Waals surface area contributed by atoms with Crippen molar-refractivity contribution in [2.75, 3.05) is 22.5 Å². The fourth-order valence-electron chi connectivity index (χ4n) is 2.83. The number of nitrogens with zero attached hydrogens (tertiary/aromatic N) is 3. The smallest absolute Gasteiger partial charge is 0.159 e. The lowest BCUT2D eigenvalue weighted by Gasteiger charge is -2.35. The number of hydrogen-bond donors (Lipinski definition) is 2. The van der Waals surface area contributed by atoms with Gasteiger partial charge in [-0.3, -0.25) is 0 Å². The maximum atomic E-state index is 6.32. The van der Waals surface area contributed by atoms with Crippen LogP contribution in [0.5, 0.6) is 0 Å². The fraction of sp³-hybridized carbons (Fsp3) is 0.375. The summed E-state index contributed by atoms with van der Waals surface area (Å²) in [5.41, 5.74) is 7.87. The largest absolute Gasteiger partial charge is 0.393 e. The van der Waals surface area contributed by atoms with Gasteiger partial charge in [0.25, 0.3) is 0 Å². The molecule has 5 nitrogen and oxygen atoms in total. The van der Waals surface area contributed by atoms with Crippen LogP contribution in [0.1, 0.15) is 26.2 Å². The third-order valence-electron chi connectivity index (χ3n) is 4.03. The molecule has 0 radical (unpaired) electrons. The molecule has 0 bridgehead atoms. The third-order valence-corrected chi connectivity index (χ3v) is 4.52. The van der Waals surface area contributed by atoms with Gasteiger partial charge in [0.2, 0.25) is 0 Å². The summed E-state index contributed by atoms with van der Waals surface area (Å²) in [7, 11) is 0. The quantitative estimate of drug-likeness (QED) is 0.866. The van der Waals surface area contributed by atoms with E-state index in [1.165, 1.54) is 19.3 Å². The van der Waals surface area contributed by atoms with Crippen molar-refractivity contribution in [3.05, 3.63) is 35.1 Å². The van der Waals surface area contributed by atoms with Crippen LogP contribution in [0.4, 0.5) is 23.0 Å². The minimum Gasteiger partial charge on any atom is -0.393 e. The van der Waals surface area contributed by atoms with Crippen LogP contribution in [0.25, 0.3) is 0 Å². The lowest BCUT2D eigenvalue weighted by molar-refractivity contribution is 0.481. The van der Waals surface area contributed by atoms with Crippen molar-refractivity contribution in [2.24, 2.45) is 0 Å². The van der Waals surface area contributed by atoms with Crippen LogP contribution in [0, 0.1) is 0 Å². The van der Waals surface area contributed by atoms with Gasteiger partial charge in [-0.25, -0.2) is 9.97 Å². The number of anilines is 4. The average molecular weight is 362 g/mol. The van der Waals surface area contributed by atoms with Crippen LogP contribution in [0.3, 0.4) is 0 Å². The average Bonchev–Trinajstić information content (AvgIpc) is 2.50. The van der Waals surface area contributed by atoms with Crippen molar-refractivity contribution in [2.45, 2.75) is 32.2 Å². The van der Waals surface area contributed by atoms with Gasteiger partial charge in [-0.15, -0.1) is 0 Å². The molecule has 1 aromatic heterocycles. The molecule has 3 rings (SSSR count). The number of piperidine rings is 1. The highest BCUT2D eigenvalue weighted by Crippen LogP contribution is 2.32. The summed E-state index contributed by atoms with van der Waals surface area (Å²) < 4.78 is 1.01. The molecule has 0 spiro atoms. The van der Waals surface area contributed by atoms with E-state index in [0.29, 0.717) is 17.5 Å². The normalized spacial score (nSPS) is 18.3. The van der Waals surface area contributed by atoms with Gasteiger partial charge in [0.05, 0.1) is 0 Å². The monoisotopic (exact) mass is 361 g/mol. The molecule has 1 aromatic carbocycles. The van der Waals surface area contributed by atoms with E-state index in [1.807, 2.05) is 24.3 Å². The third kappa shape index (κ3) is 3.16. The van der Waals surface area contributed by atoms with Gasteiger partial charge in [-0.1, -0.05) is 22.0 Å². The van der Waals surface area contributed by atoms with Crippen molar-refractivity contribution in [1.82, 2.24) is 9.97 Å². The summed E-state index contributed by atoms with van der Waals surface area (Å²) in [4.78, 5) is 11.0. The summed E-state index contributed by atoms with van der Waals surface area (Å²) in [5.74, 6) is 1.49. The second kappa shape index (κ2) is 6.52. The Morgan fingerprint density at radius 1 is 1.32 bits per heavy atom. The minimum atomic E-state index is 0.463. The first-order valence-corrected chi connectivity index (χ1v) is 8.34. The highest BCUT2D eigenvalue weighted by atomic mass is 79.9. The summed E-state index contributed by atoms with van der Waals surface area (Å²) in [5, 5.41) is 3.27. The van der Waals surface area contributed by atoms with Gasteiger partial charge >= 0.3 is 0 Å². The summed E-state index contributed by atoms with van der Waals surface area (Å²) in [6, 6.07) is 8.39. The SMILES string of the molecule is CC1CCCCN1c1ncnc(Nc2cccc(Br)c2)c1N. The molecule has 6 heteroatoms. The van der Waals surface area contributed by atoms with Crippen LogP contribution in [-0.2, 0) is 0 Å². The molecule has 2 aromatic rings. The van der Waals surface area contributed by atoms with Gasteiger partial charge in [0.1, 0.15) is 12.0 Å². The zero-order valence-electron chi connectivity index (χ0n) is 12.6. The van der Waals surface area contributed by atoms with Crippen LogP contribution >= 0.6 is 15.9 Å². The van der Waals surface area contributed by atoms with E-state index < -0.39 is 0 Å². The van der Waals surface area contributed by atoms with Gasteiger partial charge in [-0.2, -0.15) is 0 Å². The van der Waals surface area contributed by atoms with Crippen molar-refractivity contribution in [1.29, 1.82) is 0 Å². The predicted molar refractivity (Wildman–Crippen MR) is 94.5 cm³/mol. The number of nitrogens with two attached hydrogens (primary N) is 1. The Kier molecular flexibility index (Phi) is 4.47. The van der Waals surface area contributed by atoms with E-state index in [2.05, 4.69) is 43.0 Å². The molecule has 1 aliphatic rings. The van der Waals surface area contributed by atoms with Gasteiger partial charge < -0.3 is 16.0 Å². The number of benzene rings is 1. The first kappa shape index (κ1) is 15.1. The van der Waals surface area contributed by atoms with Crippen molar-refractivity contribution in [3.8, 4) is 0 Å². The van der Waals surface area contributed by atoms with Crippen LogP contribution < -0.4 is 16.0 Å². The van der Waals surface area contributed by atoms with E-state index in [-0.39, 0.29) is 0 Å². The van der Waals surface area contributed by atoms with Crippen molar-refractivity contribution < 1.29 is 0 Å². The maximum absolute atomic E-state index is 6.32. The van der Waals surface area contributed by atoms with Gasteiger partial charge in [0, 0.05) is 22.7 Å². The molecule has 22 heavy (non-hydrogen) atoms. The zero-order valence-corrected chi connectivity index (χ0v) is 14.2. The topological polar surface area (TPSA) is 67.1 Å². The molecule has 1 saturated heterocycles. The number of nitrogen functional groups attached to an aromatic ring is 1. The lowest BCUT2D eigenvalue weighted by atomic mass is 10.0. The summed E-state index contributed by atoms with van der Waals surface area (Å²) in [6.45, 7) is 3.22.